The maximum Gasteiger partial charge on any atom is 0.250 e. The van der Waals surface area contributed by atoms with Crippen molar-refractivity contribution in [3.8, 4) is 5.88 Å². The Morgan fingerprint density at radius 2 is 1.88 bits per heavy atom. The van der Waals surface area contributed by atoms with Crippen molar-refractivity contribution in [3.05, 3.63) is 34.7 Å². The molecule has 0 aromatic carbocycles. The van der Waals surface area contributed by atoms with Crippen molar-refractivity contribution in [2.45, 2.75) is 0 Å². The van der Waals surface area contributed by atoms with Gasteiger partial charge in [0.25, 0.3) is 0 Å². The number of aromatic nitrogens is 3. The van der Waals surface area contributed by atoms with E-state index in [-0.39, 0.29) is 0 Å². The third kappa shape index (κ3) is 3.40. The lowest BCUT2D eigenvalue weighted by Gasteiger charge is -2.36. The number of halogens is 1. The molecule has 1 amide bonds. The minimum absolute atomic E-state index is 0.386. The van der Waals surface area contributed by atoms with Crippen molar-refractivity contribution in [1.82, 2.24) is 15.0 Å². The highest BCUT2D eigenvalue weighted by Crippen LogP contribution is 2.26. The molecule has 1 aliphatic heterocycles. The highest BCUT2D eigenvalue weighted by molar-refractivity contribution is 9.10. The Kier molecular flexibility index (Phi) is 4.79. The van der Waals surface area contributed by atoms with Gasteiger partial charge in [0, 0.05) is 38.4 Å². The lowest BCUT2D eigenvalue weighted by atomic mass is 10.2. The van der Waals surface area contributed by atoms with Crippen LogP contribution in [0.5, 0.6) is 5.88 Å². The Bertz CT molecular complexity index is 748. The number of carbonyl (C=O) groups is 1. The van der Waals surface area contributed by atoms with Crippen LogP contribution in [0.25, 0.3) is 0 Å². The van der Waals surface area contributed by atoms with Crippen molar-refractivity contribution in [2.75, 3.05) is 43.1 Å². The second-order valence-electron chi connectivity index (χ2n) is 5.29. The Balaban J connectivity index is 1.69. The predicted molar refractivity (Wildman–Crippen MR) is 93.5 cm³/mol. The molecule has 0 spiro atoms. The largest absolute Gasteiger partial charge is 0.481 e. The zero-order valence-corrected chi connectivity index (χ0v) is 14.7. The third-order valence-electron chi connectivity index (χ3n) is 3.85. The van der Waals surface area contributed by atoms with E-state index in [0.29, 0.717) is 11.4 Å². The number of rotatable bonds is 4. The molecule has 0 aliphatic carbocycles. The summed E-state index contributed by atoms with van der Waals surface area (Å²) in [7, 11) is 1.59. The van der Waals surface area contributed by atoms with Gasteiger partial charge in [0.1, 0.15) is 18.0 Å². The molecule has 24 heavy (non-hydrogen) atoms. The first-order valence-electron chi connectivity index (χ1n) is 7.40. The van der Waals surface area contributed by atoms with E-state index >= 15 is 0 Å². The van der Waals surface area contributed by atoms with Gasteiger partial charge in [-0.2, -0.15) is 0 Å². The molecule has 1 fully saturated rings. The van der Waals surface area contributed by atoms with Gasteiger partial charge < -0.3 is 20.3 Å². The Hall–Kier alpha value is -2.42. The molecule has 2 aromatic rings. The summed E-state index contributed by atoms with van der Waals surface area (Å²) < 4.78 is 5.90. The van der Waals surface area contributed by atoms with E-state index in [9.17, 15) is 4.79 Å². The lowest BCUT2D eigenvalue weighted by molar-refractivity contribution is 0.1000. The van der Waals surface area contributed by atoms with Crippen LogP contribution in [0.15, 0.2) is 29.1 Å². The molecule has 0 atom stereocenters. The summed E-state index contributed by atoms with van der Waals surface area (Å²) in [5.41, 5.74) is 5.66. The first kappa shape index (κ1) is 16.4. The zero-order chi connectivity index (χ0) is 17.1. The van der Waals surface area contributed by atoms with Gasteiger partial charge in [-0.1, -0.05) is 0 Å². The van der Waals surface area contributed by atoms with Gasteiger partial charge in [-0.25, -0.2) is 15.0 Å². The van der Waals surface area contributed by atoms with Gasteiger partial charge in [-0.15, -0.1) is 0 Å². The van der Waals surface area contributed by atoms with E-state index < -0.39 is 5.91 Å². The van der Waals surface area contributed by atoms with Crippen LogP contribution in [-0.2, 0) is 0 Å². The zero-order valence-electron chi connectivity index (χ0n) is 13.1. The van der Waals surface area contributed by atoms with Crippen LogP contribution in [0.4, 0.5) is 11.6 Å². The molecular weight excluding hydrogens is 376 g/mol. The standard InChI is InChI=1S/C15H17BrN6O2/c1-24-13-7-12(19-9-20-13)21-2-4-22(5-3-21)15-11(16)6-10(8-18-15)14(17)23/h6-9H,2-5H2,1H3,(H2,17,23). The quantitative estimate of drug-likeness (QED) is 0.830. The summed E-state index contributed by atoms with van der Waals surface area (Å²) in [5, 5.41) is 0. The van der Waals surface area contributed by atoms with Crippen LogP contribution in [0.1, 0.15) is 10.4 Å². The number of piperazine rings is 1. The number of ether oxygens (including phenoxy) is 1. The number of anilines is 2. The van der Waals surface area contributed by atoms with Crippen molar-refractivity contribution in [2.24, 2.45) is 5.73 Å². The summed E-state index contributed by atoms with van der Waals surface area (Å²) in [6, 6.07) is 3.53. The fourth-order valence-corrected chi connectivity index (χ4v) is 3.16. The summed E-state index contributed by atoms with van der Waals surface area (Å²) in [6.45, 7) is 3.17. The normalized spacial score (nSPS) is 14.6. The number of pyridine rings is 1. The van der Waals surface area contributed by atoms with Gasteiger partial charge in [0.2, 0.25) is 11.8 Å². The Morgan fingerprint density at radius 3 is 2.50 bits per heavy atom. The molecule has 0 saturated carbocycles. The molecule has 3 heterocycles. The van der Waals surface area contributed by atoms with Crippen LogP contribution >= 0.6 is 15.9 Å². The van der Waals surface area contributed by atoms with Gasteiger partial charge >= 0.3 is 0 Å². The molecule has 2 N–H and O–H groups in total. The predicted octanol–water partition coefficient (Wildman–Crippen LogP) is 1.07. The average molecular weight is 393 g/mol. The van der Waals surface area contributed by atoms with E-state index in [1.165, 1.54) is 12.5 Å². The fraction of sp³-hybridized carbons (Fsp3) is 0.333. The average Bonchev–Trinajstić information content (AvgIpc) is 2.62. The summed E-state index contributed by atoms with van der Waals surface area (Å²) in [4.78, 5) is 28.2. The minimum atomic E-state index is -0.489. The van der Waals surface area contributed by atoms with Crippen molar-refractivity contribution < 1.29 is 9.53 Å². The van der Waals surface area contributed by atoms with Crippen LogP contribution in [0.2, 0.25) is 0 Å². The lowest BCUT2D eigenvalue weighted by Crippen LogP contribution is -2.47. The molecule has 0 unspecified atom stereocenters. The number of amides is 1. The molecule has 8 nitrogen and oxygen atoms in total. The Labute approximate surface area is 147 Å². The second-order valence-corrected chi connectivity index (χ2v) is 6.14. The van der Waals surface area contributed by atoms with Crippen LogP contribution in [0, 0.1) is 0 Å². The number of nitrogens with zero attached hydrogens (tertiary/aromatic N) is 5. The van der Waals surface area contributed by atoms with E-state index in [4.69, 9.17) is 10.5 Å². The van der Waals surface area contributed by atoms with Crippen LogP contribution < -0.4 is 20.3 Å². The van der Waals surface area contributed by atoms with E-state index in [1.54, 1.807) is 13.2 Å². The van der Waals surface area contributed by atoms with Crippen LogP contribution in [-0.4, -0.2) is 54.1 Å². The number of methoxy groups -OCH3 is 1. The van der Waals surface area contributed by atoms with Crippen molar-refractivity contribution >= 4 is 33.5 Å². The SMILES string of the molecule is COc1cc(N2CCN(c3ncc(C(N)=O)cc3Br)CC2)ncn1. The molecule has 1 aliphatic rings. The second kappa shape index (κ2) is 7.00. The maximum absolute atomic E-state index is 11.2. The summed E-state index contributed by atoms with van der Waals surface area (Å²) in [5.74, 6) is 1.71. The van der Waals surface area contributed by atoms with Gasteiger partial charge in [-0.3, -0.25) is 4.79 Å². The number of primary amides is 1. The fourth-order valence-electron chi connectivity index (χ4n) is 2.56. The molecule has 1 saturated heterocycles. The van der Waals surface area contributed by atoms with E-state index in [2.05, 4.69) is 40.7 Å². The molecule has 0 bridgehead atoms. The first-order chi connectivity index (χ1) is 11.6. The first-order valence-corrected chi connectivity index (χ1v) is 8.19. The van der Waals surface area contributed by atoms with E-state index in [1.807, 2.05) is 6.07 Å². The Morgan fingerprint density at radius 1 is 1.17 bits per heavy atom. The van der Waals surface area contributed by atoms with Gasteiger partial charge in [0.15, 0.2) is 0 Å². The van der Waals surface area contributed by atoms with Gasteiger partial charge in [-0.05, 0) is 22.0 Å². The summed E-state index contributed by atoms with van der Waals surface area (Å²) in [6.07, 6.45) is 3.01. The number of hydrogen-bond donors (Lipinski definition) is 1. The van der Waals surface area contributed by atoms with Gasteiger partial charge in [0.05, 0.1) is 17.1 Å². The molecule has 0 radical (unpaired) electrons. The molecule has 126 valence electrons. The number of carbonyl (C=O) groups excluding carboxylic acids is 1. The smallest absolute Gasteiger partial charge is 0.250 e. The molecule has 9 heteroatoms. The topological polar surface area (TPSA) is 97.5 Å². The summed E-state index contributed by atoms with van der Waals surface area (Å²) >= 11 is 3.47. The number of hydrogen-bond acceptors (Lipinski definition) is 7. The monoisotopic (exact) mass is 392 g/mol. The van der Waals surface area contributed by atoms with Crippen LogP contribution in [0.3, 0.4) is 0 Å². The molecule has 2 aromatic heterocycles. The number of nitrogens with two attached hydrogens (primary N) is 1. The third-order valence-corrected chi connectivity index (χ3v) is 4.43. The van der Waals surface area contributed by atoms with E-state index in [0.717, 1.165) is 42.3 Å². The molecule has 3 rings (SSSR count). The highest BCUT2D eigenvalue weighted by atomic mass is 79.9. The van der Waals surface area contributed by atoms with Crippen molar-refractivity contribution in [1.29, 1.82) is 0 Å². The highest BCUT2D eigenvalue weighted by Gasteiger charge is 2.21. The maximum atomic E-state index is 11.2. The van der Waals surface area contributed by atoms with Crippen molar-refractivity contribution in [3.63, 3.8) is 0 Å². The minimum Gasteiger partial charge on any atom is -0.481 e. The molecular formula is C15H17BrN6O2.